The third kappa shape index (κ3) is 5.27. The summed E-state index contributed by atoms with van der Waals surface area (Å²) in [6.07, 6.45) is 0. The molecule has 0 fully saturated rings. The van der Waals surface area contributed by atoms with E-state index in [0.717, 1.165) is 5.69 Å². The minimum atomic E-state index is -0.162. The molecule has 1 aromatic carbocycles. The molecule has 0 atom stereocenters. The molecule has 6 heteroatoms. The maximum atomic E-state index is 11.8. The van der Waals surface area contributed by atoms with E-state index in [9.17, 15) is 9.59 Å². The van der Waals surface area contributed by atoms with Crippen LogP contribution < -0.4 is 10.6 Å². The van der Waals surface area contributed by atoms with Crippen molar-refractivity contribution >= 4 is 17.5 Å². The van der Waals surface area contributed by atoms with Crippen LogP contribution in [0.1, 0.15) is 10.4 Å². The van der Waals surface area contributed by atoms with Gasteiger partial charge in [0.1, 0.15) is 0 Å². The molecule has 0 unspecified atom stereocenters. The molecule has 0 aliphatic heterocycles. The van der Waals surface area contributed by atoms with Gasteiger partial charge in [-0.05, 0) is 18.2 Å². The van der Waals surface area contributed by atoms with E-state index in [4.69, 9.17) is 4.74 Å². The second-order valence-corrected chi connectivity index (χ2v) is 4.47. The van der Waals surface area contributed by atoms with Crippen LogP contribution in [0.5, 0.6) is 0 Å². The van der Waals surface area contributed by atoms with Crippen molar-refractivity contribution in [1.29, 1.82) is 0 Å². The van der Waals surface area contributed by atoms with Gasteiger partial charge >= 0.3 is 0 Å². The van der Waals surface area contributed by atoms with Crippen molar-refractivity contribution in [3.63, 3.8) is 0 Å². The third-order valence-electron chi connectivity index (χ3n) is 2.66. The van der Waals surface area contributed by atoms with Crippen LogP contribution in [0.3, 0.4) is 0 Å². The van der Waals surface area contributed by atoms with E-state index in [-0.39, 0.29) is 18.4 Å². The second-order valence-electron chi connectivity index (χ2n) is 4.47. The van der Waals surface area contributed by atoms with Gasteiger partial charge in [0.15, 0.2) is 0 Å². The second kappa shape index (κ2) is 8.16. The van der Waals surface area contributed by atoms with Gasteiger partial charge in [-0.2, -0.15) is 0 Å². The molecule has 0 spiro atoms. The van der Waals surface area contributed by atoms with Gasteiger partial charge in [-0.25, -0.2) is 0 Å². The highest BCUT2D eigenvalue weighted by Gasteiger charge is 2.07. The van der Waals surface area contributed by atoms with Crippen molar-refractivity contribution in [3.8, 4) is 0 Å². The zero-order valence-electron chi connectivity index (χ0n) is 12.1. The summed E-state index contributed by atoms with van der Waals surface area (Å²) < 4.78 is 4.87. The molecule has 0 radical (unpaired) electrons. The molecule has 0 aliphatic rings. The van der Waals surface area contributed by atoms with E-state index in [0.29, 0.717) is 18.7 Å². The van der Waals surface area contributed by atoms with Crippen LogP contribution in [0.4, 0.5) is 5.69 Å². The molecular weight excluding hydrogens is 258 g/mol. The van der Waals surface area contributed by atoms with E-state index < -0.39 is 0 Å². The first-order valence-electron chi connectivity index (χ1n) is 6.36. The Labute approximate surface area is 119 Å². The van der Waals surface area contributed by atoms with Crippen molar-refractivity contribution in [2.75, 3.05) is 46.2 Å². The first-order chi connectivity index (χ1) is 9.54. The number of hydrogen-bond donors (Lipinski definition) is 2. The minimum Gasteiger partial charge on any atom is -0.383 e. The van der Waals surface area contributed by atoms with Crippen LogP contribution in [0.15, 0.2) is 24.3 Å². The van der Waals surface area contributed by atoms with Gasteiger partial charge in [0, 0.05) is 39.0 Å². The smallest absolute Gasteiger partial charge is 0.251 e. The van der Waals surface area contributed by atoms with Crippen LogP contribution in [0.25, 0.3) is 0 Å². The highest BCUT2D eigenvalue weighted by molar-refractivity contribution is 5.95. The van der Waals surface area contributed by atoms with Crippen molar-refractivity contribution in [1.82, 2.24) is 10.2 Å². The number of amides is 2. The van der Waals surface area contributed by atoms with Crippen LogP contribution in [0.2, 0.25) is 0 Å². The number of hydrogen-bond acceptors (Lipinski definition) is 4. The monoisotopic (exact) mass is 279 g/mol. The molecule has 20 heavy (non-hydrogen) atoms. The molecule has 0 saturated heterocycles. The van der Waals surface area contributed by atoms with E-state index in [1.807, 2.05) is 6.07 Å². The Bertz CT molecular complexity index is 461. The number of benzene rings is 1. The van der Waals surface area contributed by atoms with Crippen LogP contribution in [-0.4, -0.2) is 57.6 Å². The van der Waals surface area contributed by atoms with Gasteiger partial charge in [0.05, 0.1) is 13.2 Å². The largest absolute Gasteiger partial charge is 0.383 e. The number of ether oxygens (including phenoxy) is 1. The lowest BCUT2D eigenvalue weighted by Crippen LogP contribution is -2.29. The summed E-state index contributed by atoms with van der Waals surface area (Å²) in [7, 11) is 4.98. The Morgan fingerprint density at radius 2 is 2.05 bits per heavy atom. The Balaban J connectivity index is 2.57. The van der Waals surface area contributed by atoms with Gasteiger partial charge in [-0.1, -0.05) is 6.07 Å². The number of nitrogens with zero attached hydrogens (tertiary/aromatic N) is 1. The number of carbonyl (C=O) groups is 2. The zero-order chi connectivity index (χ0) is 15.0. The molecule has 110 valence electrons. The Kier molecular flexibility index (Phi) is 6.52. The molecular formula is C14H21N3O3. The van der Waals surface area contributed by atoms with Gasteiger partial charge in [-0.3, -0.25) is 9.59 Å². The Morgan fingerprint density at radius 3 is 2.70 bits per heavy atom. The third-order valence-corrected chi connectivity index (χ3v) is 2.66. The van der Waals surface area contributed by atoms with Crippen molar-refractivity contribution in [3.05, 3.63) is 29.8 Å². The lowest BCUT2D eigenvalue weighted by molar-refractivity contribution is -0.126. The molecule has 0 aromatic heterocycles. The summed E-state index contributed by atoms with van der Waals surface area (Å²) in [5.74, 6) is -0.190. The van der Waals surface area contributed by atoms with Crippen molar-refractivity contribution in [2.24, 2.45) is 0 Å². The summed E-state index contributed by atoms with van der Waals surface area (Å²) in [5.41, 5.74) is 1.28. The lowest BCUT2D eigenvalue weighted by Gasteiger charge is -2.12. The lowest BCUT2D eigenvalue weighted by atomic mass is 10.2. The van der Waals surface area contributed by atoms with Crippen molar-refractivity contribution in [2.45, 2.75) is 0 Å². The van der Waals surface area contributed by atoms with Gasteiger partial charge in [0.2, 0.25) is 5.91 Å². The van der Waals surface area contributed by atoms with Crippen LogP contribution in [0, 0.1) is 0 Å². The Hall–Kier alpha value is -2.08. The molecule has 2 N–H and O–H groups in total. The van der Waals surface area contributed by atoms with Crippen LogP contribution in [-0.2, 0) is 9.53 Å². The fourth-order valence-electron chi connectivity index (χ4n) is 1.47. The molecule has 6 nitrogen and oxygen atoms in total. The molecule has 1 rings (SSSR count). The SMILES string of the molecule is COCCNC(=O)c1cccc(NCC(=O)N(C)C)c1. The van der Waals surface area contributed by atoms with E-state index >= 15 is 0 Å². The highest BCUT2D eigenvalue weighted by atomic mass is 16.5. The summed E-state index contributed by atoms with van der Waals surface area (Å²) in [6.45, 7) is 1.13. The molecule has 1 aromatic rings. The number of nitrogens with one attached hydrogen (secondary N) is 2. The zero-order valence-corrected chi connectivity index (χ0v) is 12.1. The first kappa shape index (κ1) is 16.0. The van der Waals surface area contributed by atoms with Crippen LogP contribution >= 0.6 is 0 Å². The predicted molar refractivity (Wildman–Crippen MR) is 77.8 cm³/mol. The van der Waals surface area contributed by atoms with E-state index in [2.05, 4.69) is 10.6 Å². The Morgan fingerprint density at radius 1 is 1.30 bits per heavy atom. The average molecular weight is 279 g/mol. The van der Waals surface area contributed by atoms with Crippen molar-refractivity contribution < 1.29 is 14.3 Å². The van der Waals surface area contributed by atoms with Gasteiger partial charge in [-0.15, -0.1) is 0 Å². The number of anilines is 1. The normalized spacial score (nSPS) is 9.95. The van der Waals surface area contributed by atoms with E-state index in [1.165, 1.54) is 4.90 Å². The molecule has 0 saturated carbocycles. The molecule has 2 amide bonds. The molecule has 0 bridgehead atoms. The fourth-order valence-corrected chi connectivity index (χ4v) is 1.47. The molecule has 0 heterocycles. The van der Waals surface area contributed by atoms with E-state index in [1.54, 1.807) is 39.4 Å². The summed E-state index contributed by atoms with van der Waals surface area (Å²) in [5, 5.41) is 5.74. The minimum absolute atomic E-state index is 0.0278. The first-order valence-corrected chi connectivity index (χ1v) is 6.36. The van der Waals surface area contributed by atoms with Gasteiger partial charge in [0.25, 0.3) is 5.91 Å². The summed E-state index contributed by atoms with van der Waals surface area (Å²) in [6, 6.07) is 7.02. The number of carbonyl (C=O) groups excluding carboxylic acids is 2. The molecule has 0 aliphatic carbocycles. The number of methoxy groups -OCH3 is 1. The summed E-state index contributed by atoms with van der Waals surface area (Å²) >= 11 is 0. The quantitative estimate of drug-likeness (QED) is 0.716. The summed E-state index contributed by atoms with van der Waals surface area (Å²) in [4.78, 5) is 24.8. The number of rotatable bonds is 7. The average Bonchev–Trinajstić information content (AvgIpc) is 2.45. The number of likely N-dealkylation sites (N-methyl/N-ethyl adjacent to an activating group) is 1. The fraction of sp³-hybridized carbons (Fsp3) is 0.429. The highest BCUT2D eigenvalue weighted by Crippen LogP contribution is 2.10. The maximum Gasteiger partial charge on any atom is 0.251 e. The predicted octanol–water partition coefficient (Wildman–Crippen LogP) is 0.563. The van der Waals surface area contributed by atoms with Gasteiger partial charge < -0.3 is 20.3 Å². The standard InChI is InChI=1S/C14H21N3O3/c1-17(2)13(18)10-16-12-6-4-5-11(9-12)14(19)15-7-8-20-3/h4-6,9,16H,7-8,10H2,1-3H3,(H,15,19). The maximum absolute atomic E-state index is 11.8. The topological polar surface area (TPSA) is 70.7 Å².